The minimum absolute atomic E-state index is 0.256. The van der Waals surface area contributed by atoms with Crippen LogP contribution in [0.3, 0.4) is 0 Å². The first-order chi connectivity index (χ1) is 8.68. The molecule has 0 radical (unpaired) electrons. The zero-order valence-electron chi connectivity index (χ0n) is 10.6. The third-order valence-electron chi connectivity index (χ3n) is 2.59. The SMILES string of the molecule is CC(C)OCCNc1ccc(Cl)c2cccnc12. The van der Waals surface area contributed by atoms with Gasteiger partial charge in [-0.25, -0.2) is 0 Å². The Hall–Kier alpha value is -1.32. The number of aromatic nitrogens is 1. The molecule has 0 amide bonds. The molecular formula is C14H17ClN2O. The molecule has 1 aromatic carbocycles. The van der Waals surface area contributed by atoms with E-state index < -0.39 is 0 Å². The molecule has 96 valence electrons. The zero-order valence-corrected chi connectivity index (χ0v) is 11.4. The molecule has 1 aromatic heterocycles. The van der Waals surface area contributed by atoms with Gasteiger partial charge in [0.2, 0.25) is 0 Å². The molecule has 18 heavy (non-hydrogen) atoms. The van der Waals surface area contributed by atoms with Crippen LogP contribution in [0.1, 0.15) is 13.8 Å². The highest BCUT2D eigenvalue weighted by Crippen LogP contribution is 2.27. The standard InChI is InChI=1S/C14H17ClN2O/c1-10(2)18-9-8-16-13-6-5-12(15)11-4-3-7-17-14(11)13/h3-7,10,16H,8-9H2,1-2H3. The quantitative estimate of drug-likeness (QED) is 0.836. The predicted octanol–water partition coefficient (Wildman–Crippen LogP) is 3.73. The summed E-state index contributed by atoms with van der Waals surface area (Å²) in [5.41, 5.74) is 1.89. The van der Waals surface area contributed by atoms with Gasteiger partial charge in [0.25, 0.3) is 0 Å². The zero-order chi connectivity index (χ0) is 13.0. The van der Waals surface area contributed by atoms with Crippen LogP contribution in [-0.4, -0.2) is 24.2 Å². The van der Waals surface area contributed by atoms with Gasteiger partial charge in [0.1, 0.15) is 0 Å². The number of hydrogen-bond donors (Lipinski definition) is 1. The van der Waals surface area contributed by atoms with Crippen LogP contribution in [0.2, 0.25) is 5.02 Å². The number of nitrogens with one attached hydrogen (secondary N) is 1. The Morgan fingerprint density at radius 1 is 1.33 bits per heavy atom. The fourth-order valence-corrected chi connectivity index (χ4v) is 1.98. The number of nitrogens with zero attached hydrogens (tertiary/aromatic N) is 1. The molecule has 0 saturated heterocycles. The number of fused-ring (bicyclic) bond motifs is 1. The number of hydrogen-bond acceptors (Lipinski definition) is 3. The Morgan fingerprint density at radius 3 is 2.94 bits per heavy atom. The Labute approximate surface area is 112 Å². The molecule has 3 nitrogen and oxygen atoms in total. The van der Waals surface area contributed by atoms with Crippen molar-refractivity contribution in [2.75, 3.05) is 18.5 Å². The molecule has 0 bridgehead atoms. The second-order valence-corrected chi connectivity index (χ2v) is 4.75. The molecule has 0 aliphatic rings. The van der Waals surface area contributed by atoms with Gasteiger partial charge in [-0.1, -0.05) is 11.6 Å². The van der Waals surface area contributed by atoms with E-state index in [0.29, 0.717) is 6.61 Å². The first-order valence-electron chi connectivity index (χ1n) is 6.07. The van der Waals surface area contributed by atoms with E-state index in [1.807, 2.05) is 38.1 Å². The molecule has 0 unspecified atom stereocenters. The minimum atomic E-state index is 0.256. The molecule has 0 fully saturated rings. The Balaban J connectivity index is 2.11. The molecule has 1 N–H and O–H groups in total. The van der Waals surface area contributed by atoms with E-state index >= 15 is 0 Å². The van der Waals surface area contributed by atoms with Gasteiger partial charge in [-0.3, -0.25) is 4.98 Å². The number of ether oxygens (including phenoxy) is 1. The summed E-state index contributed by atoms with van der Waals surface area (Å²) in [5.74, 6) is 0. The summed E-state index contributed by atoms with van der Waals surface area (Å²) in [4.78, 5) is 4.37. The molecule has 2 rings (SSSR count). The van der Waals surface area contributed by atoms with Gasteiger partial charge in [0, 0.05) is 18.1 Å². The van der Waals surface area contributed by atoms with Crippen molar-refractivity contribution in [3.05, 3.63) is 35.5 Å². The largest absolute Gasteiger partial charge is 0.381 e. The van der Waals surface area contributed by atoms with Crippen LogP contribution < -0.4 is 5.32 Å². The van der Waals surface area contributed by atoms with Crippen molar-refractivity contribution >= 4 is 28.2 Å². The maximum Gasteiger partial charge on any atom is 0.0948 e. The van der Waals surface area contributed by atoms with Crippen LogP contribution in [0.15, 0.2) is 30.5 Å². The summed E-state index contributed by atoms with van der Waals surface area (Å²) in [7, 11) is 0. The monoisotopic (exact) mass is 264 g/mol. The van der Waals surface area contributed by atoms with Crippen molar-refractivity contribution in [3.63, 3.8) is 0 Å². The van der Waals surface area contributed by atoms with Gasteiger partial charge in [-0.05, 0) is 38.1 Å². The second kappa shape index (κ2) is 6.03. The molecule has 0 atom stereocenters. The normalized spacial score (nSPS) is 11.1. The maximum atomic E-state index is 6.14. The van der Waals surface area contributed by atoms with Gasteiger partial charge in [0.15, 0.2) is 0 Å². The third-order valence-corrected chi connectivity index (χ3v) is 2.91. The van der Waals surface area contributed by atoms with Crippen LogP contribution in [0.4, 0.5) is 5.69 Å². The summed E-state index contributed by atoms with van der Waals surface area (Å²) in [6.07, 6.45) is 2.03. The van der Waals surface area contributed by atoms with Gasteiger partial charge in [0.05, 0.1) is 28.9 Å². The fourth-order valence-electron chi connectivity index (χ4n) is 1.76. The van der Waals surface area contributed by atoms with E-state index in [-0.39, 0.29) is 6.10 Å². The Kier molecular flexibility index (Phi) is 4.39. The summed E-state index contributed by atoms with van der Waals surface area (Å²) in [5, 5.41) is 5.01. The first-order valence-corrected chi connectivity index (χ1v) is 6.45. The molecule has 0 saturated carbocycles. The fraction of sp³-hybridized carbons (Fsp3) is 0.357. The molecule has 0 aliphatic carbocycles. The highest BCUT2D eigenvalue weighted by atomic mass is 35.5. The van der Waals surface area contributed by atoms with E-state index in [0.717, 1.165) is 28.2 Å². The second-order valence-electron chi connectivity index (χ2n) is 4.34. The van der Waals surface area contributed by atoms with Crippen LogP contribution in [-0.2, 0) is 4.74 Å². The lowest BCUT2D eigenvalue weighted by Gasteiger charge is -2.11. The summed E-state index contributed by atoms with van der Waals surface area (Å²) >= 11 is 6.14. The van der Waals surface area contributed by atoms with E-state index in [4.69, 9.17) is 16.3 Å². The average Bonchev–Trinajstić information content (AvgIpc) is 2.37. The van der Waals surface area contributed by atoms with Crippen molar-refractivity contribution in [3.8, 4) is 0 Å². The van der Waals surface area contributed by atoms with Crippen LogP contribution in [0.25, 0.3) is 10.9 Å². The van der Waals surface area contributed by atoms with E-state index in [1.54, 1.807) is 6.20 Å². The van der Waals surface area contributed by atoms with Crippen molar-refractivity contribution in [2.45, 2.75) is 20.0 Å². The molecule has 2 aromatic rings. The predicted molar refractivity (Wildman–Crippen MR) is 76.3 cm³/mol. The van der Waals surface area contributed by atoms with Gasteiger partial charge in [-0.2, -0.15) is 0 Å². The molecular weight excluding hydrogens is 248 g/mol. The topological polar surface area (TPSA) is 34.1 Å². The lowest BCUT2D eigenvalue weighted by molar-refractivity contribution is 0.0871. The average molecular weight is 265 g/mol. The number of halogens is 1. The maximum absolute atomic E-state index is 6.14. The van der Waals surface area contributed by atoms with Gasteiger partial charge >= 0.3 is 0 Å². The number of rotatable bonds is 5. The molecule has 4 heteroatoms. The molecule has 0 aliphatic heterocycles. The van der Waals surface area contributed by atoms with E-state index in [9.17, 15) is 0 Å². The number of anilines is 1. The van der Waals surface area contributed by atoms with Crippen molar-refractivity contribution < 1.29 is 4.74 Å². The summed E-state index contributed by atoms with van der Waals surface area (Å²) in [6.45, 7) is 5.48. The summed E-state index contributed by atoms with van der Waals surface area (Å²) in [6, 6.07) is 7.70. The smallest absolute Gasteiger partial charge is 0.0948 e. The highest BCUT2D eigenvalue weighted by Gasteiger charge is 2.04. The van der Waals surface area contributed by atoms with Gasteiger partial charge in [-0.15, -0.1) is 0 Å². The van der Waals surface area contributed by atoms with Crippen molar-refractivity contribution in [2.24, 2.45) is 0 Å². The lowest BCUT2D eigenvalue weighted by Crippen LogP contribution is -2.13. The Morgan fingerprint density at radius 2 is 2.17 bits per heavy atom. The number of benzene rings is 1. The third kappa shape index (κ3) is 3.12. The lowest BCUT2D eigenvalue weighted by atomic mass is 10.2. The van der Waals surface area contributed by atoms with Gasteiger partial charge < -0.3 is 10.1 Å². The van der Waals surface area contributed by atoms with Crippen LogP contribution in [0.5, 0.6) is 0 Å². The first kappa shape index (κ1) is 13.1. The van der Waals surface area contributed by atoms with E-state index in [1.165, 1.54) is 0 Å². The van der Waals surface area contributed by atoms with Crippen LogP contribution in [0, 0.1) is 0 Å². The minimum Gasteiger partial charge on any atom is -0.381 e. The van der Waals surface area contributed by atoms with Crippen molar-refractivity contribution in [1.82, 2.24) is 4.98 Å². The van der Waals surface area contributed by atoms with Crippen molar-refractivity contribution in [1.29, 1.82) is 0 Å². The molecule has 1 heterocycles. The van der Waals surface area contributed by atoms with E-state index in [2.05, 4.69) is 10.3 Å². The molecule has 0 spiro atoms. The number of pyridine rings is 1. The Bertz CT molecular complexity index is 528. The highest BCUT2D eigenvalue weighted by molar-refractivity contribution is 6.35. The van der Waals surface area contributed by atoms with Crippen LogP contribution >= 0.6 is 11.6 Å². The summed E-state index contributed by atoms with van der Waals surface area (Å²) < 4.78 is 5.49.